The van der Waals surface area contributed by atoms with E-state index in [4.69, 9.17) is 21.1 Å². The molecule has 0 amide bonds. The van der Waals surface area contributed by atoms with Crippen molar-refractivity contribution in [3.05, 3.63) is 28.8 Å². The predicted octanol–water partition coefficient (Wildman–Crippen LogP) is 2.11. The fourth-order valence-electron chi connectivity index (χ4n) is 1.81. The Bertz CT molecular complexity index is 571. The van der Waals surface area contributed by atoms with Crippen molar-refractivity contribution < 1.29 is 14.6 Å². The zero-order chi connectivity index (χ0) is 11.1. The second-order valence-corrected chi connectivity index (χ2v) is 3.89. The molecule has 0 saturated heterocycles. The van der Waals surface area contributed by atoms with E-state index in [1.54, 1.807) is 12.1 Å². The molecule has 0 radical (unpaired) electrons. The minimum Gasteiger partial charge on any atom is -0.451 e. The molecule has 0 atom stereocenters. The third kappa shape index (κ3) is 1.31. The molecule has 1 aromatic carbocycles. The lowest BCUT2D eigenvalue weighted by Gasteiger charge is -2.07. The van der Waals surface area contributed by atoms with Crippen molar-refractivity contribution in [3.63, 3.8) is 0 Å². The van der Waals surface area contributed by atoms with Crippen LogP contribution in [0.2, 0.25) is 5.02 Å². The standard InChI is InChI=1S/C11H8ClNO3/c12-6-1-2-7-8(4-14)10-11(16-5-15-10)13-9(7)3-6/h1-3,14H,4-5H2. The Morgan fingerprint density at radius 1 is 1.38 bits per heavy atom. The molecule has 2 heterocycles. The van der Waals surface area contributed by atoms with Gasteiger partial charge in [0.15, 0.2) is 5.75 Å². The zero-order valence-electron chi connectivity index (χ0n) is 8.24. The summed E-state index contributed by atoms with van der Waals surface area (Å²) < 4.78 is 10.5. The number of fused-ring (bicyclic) bond motifs is 2. The first-order chi connectivity index (χ1) is 7.79. The van der Waals surface area contributed by atoms with Crippen LogP contribution >= 0.6 is 11.6 Å². The van der Waals surface area contributed by atoms with Gasteiger partial charge in [0.05, 0.1) is 12.1 Å². The molecule has 5 heteroatoms. The van der Waals surface area contributed by atoms with Gasteiger partial charge in [-0.3, -0.25) is 0 Å². The molecule has 1 aromatic heterocycles. The van der Waals surface area contributed by atoms with Gasteiger partial charge in [0.2, 0.25) is 6.79 Å². The quantitative estimate of drug-likeness (QED) is 0.825. The number of hydrogen-bond donors (Lipinski definition) is 1. The smallest absolute Gasteiger partial charge is 0.261 e. The number of aliphatic hydroxyl groups excluding tert-OH is 1. The van der Waals surface area contributed by atoms with Crippen LogP contribution in [-0.2, 0) is 6.61 Å². The van der Waals surface area contributed by atoms with Crippen molar-refractivity contribution in [2.24, 2.45) is 0 Å². The maximum atomic E-state index is 9.37. The number of rotatable bonds is 1. The summed E-state index contributed by atoms with van der Waals surface area (Å²) >= 11 is 5.89. The minimum absolute atomic E-state index is 0.119. The van der Waals surface area contributed by atoms with Gasteiger partial charge in [0.1, 0.15) is 0 Å². The summed E-state index contributed by atoms with van der Waals surface area (Å²) in [6, 6.07) is 5.31. The van der Waals surface area contributed by atoms with Gasteiger partial charge in [0, 0.05) is 16.0 Å². The Labute approximate surface area is 96.4 Å². The summed E-state index contributed by atoms with van der Waals surface area (Å²) in [4.78, 5) is 4.28. The van der Waals surface area contributed by atoms with Crippen LogP contribution in [0.15, 0.2) is 18.2 Å². The summed E-state index contributed by atoms with van der Waals surface area (Å²) in [7, 11) is 0. The summed E-state index contributed by atoms with van der Waals surface area (Å²) in [6.45, 7) is 0.0196. The van der Waals surface area contributed by atoms with Gasteiger partial charge in [-0.2, -0.15) is 0 Å². The second kappa shape index (κ2) is 3.50. The van der Waals surface area contributed by atoms with E-state index in [2.05, 4.69) is 4.98 Å². The third-order valence-corrected chi connectivity index (χ3v) is 2.77. The van der Waals surface area contributed by atoms with Crippen LogP contribution in [0.25, 0.3) is 10.9 Å². The maximum Gasteiger partial charge on any atom is 0.261 e. The van der Waals surface area contributed by atoms with Gasteiger partial charge in [-0.25, -0.2) is 4.98 Å². The summed E-state index contributed by atoms with van der Waals surface area (Å²) in [5, 5.41) is 10.8. The van der Waals surface area contributed by atoms with Crippen molar-refractivity contribution in [1.82, 2.24) is 4.98 Å². The van der Waals surface area contributed by atoms with Crippen LogP contribution < -0.4 is 9.47 Å². The van der Waals surface area contributed by atoms with Gasteiger partial charge >= 0.3 is 0 Å². The molecule has 0 aliphatic carbocycles. The average molecular weight is 238 g/mol. The molecule has 82 valence electrons. The first-order valence-corrected chi connectivity index (χ1v) is 5.16. The maximum absolute atomic E-state index is 9.37. The summed E-state index contributed by atoms with van der Waals surface area (Å²) in [5.74, 6) is 0.941. The zero-order valence-corrected chi connectivity index (χ0v) is 8.99. The molecule has 0 saturated carbocycles. The van der Waals surface area contributed by atoms with Gasteiger partial charge in [-0.1, -0.05) is 17.7 Å². The van der Waals surface area contributed by atoms with E-state index in [-0.39, 0.29) is 13.4 Å². The topological polar surface area (TPSA) is 51.6 Å². The molecule has 0 bridgehead atoms. The number of hydrogen-bond acceptors (Lipinski definition) is 4. The average Bonchev–Trinajstić information content (AvgIpc) is 2.73. The van der Waals surface area contributed by atoms with Crippen LogP contribution in [0.5, 0.6) is 11.6 Å². The number of aromatic nitrogens is 1. The van der Waals surface area contributed by atoms with E-state index in [0.29, 0.717) is 27.7 Å². The highest BCUT2D eigenvalue weighted by Gasteiger charge is 2.22. The Hall–Kier alpha value is -1.52. The largest absolute Gasteiger partial charge is 0.451 e. The highest BCUT2D eigenvalue weighted by Crippen LogP contribution is 2.38. The number of nitrogens with zero attached hydrogens (tertiary/aromatic N) is 1. The molecule has 16 heavy (non-hydrogen) atoms. The van der Waals surface area contributed by atoms with Crippen LogP contribution in [-0.4, -0.2) is 16.9 Å². The molecule has 1 aliphatic heterocycles. The molecule has 2 aromatic rings. The number of halogens is 1. The van der Waals surface area contributed by atoms with Crippen molar-refractivity contribution in [2.45, 2.75) is 6.61 Å². The SMILES string of the molecule is OCc1c2c(nc3cc(Cl)ccc13)OCO2. The molecule has 0 unspecified atom stereocenters. The second-order valence-electron chi connectivity index (χ2n) is 3.45. The highest BCUT2D eigenvalue weighted by atomic mass is 35.5. The fraction of sp³-hybridized carbons (Fsp3) is 0.182. The minimum atomic E-state index is -0.119. The van der Waals surface area contributed by atoms with Crippen molar-refractivity contribution >= 4 is 22.5 Å². The van der Waals surface area contributed by atoms with Crippen LogP contribution in [0.4, 0.5) is 0 Å². The van der Waals surface area contributed by atoms with Crippen molar-refractivity contribution in [1.29, 1.82) is 0 Å². The van der Waals surface area contributed by atoms with Gasteiger partial charge in [0.25, 0.3) is 5.88 Å². The van der Waals surface area contributed by atoms with Gasteiger partial charge < -0.3 is 14.6 Å². The van der Waals surface area contributed by atoms with Crippen molar-refractivity contribution in [2.75, 3.05) is 6.79 Å². The molecule has 4 nitrogen and oxygen atoms in total. The fourth-order valence-corrected chi connectivity index (χ4v) is 1.98. The van der Waals surface area contributed by atoms with Crippen LogP contribution in [0.3, 0.4) is 0 Å². The Morgan fingerprint density at radius 3 is 3.06 bits per heavy atom. The number of ether oxygens (including phenoxy) is 2. The van der Waals surface area contributed by atoms with Gasteiger partial charge in [-0.05, 0) is 12.1 Å². The first-order valence-electron chi connectivity index (χ1n) is 4.78. The summed E-state index contributed by atoms with van der Waals surface area (Å²) in [6.07, 6.45) is 0. The van der Waals surface area contributed by atoms with Crippen LogP contribution in [0.1, 0.15) is 5.56 Å². The Kier molecular flexibility index (Phi) is 2.12. The summed E-state index contributed by atoms with van der Waals surface area (Å²) in [5.41, 5.74) is 1.38. The van der Waals surface area contributed by atoms with E-state index < -0.39 is 0 Å². The van der Waals surface area contributed by atoms with E-state index in [1.165, 1.54) is 0 Å². The number of benzene rings is 1. The van der Waals surface area contributed by atoms with E-state index >= 15 is 0 Å². The molecule has 0 spiro atoms. The lowest BCUT2D eigenvalue weighted by Crippen LogP contribution is -1.94. The lowest BCUT2D eigenvalue weighted by atomic mass is 10.1. The lowest BCUT2D eigenvalue weighted by molar-refractivity contribution is 0.169. The Morgan fingerprint density at radius 2 is 2.25 bits per heavy atom. The van der Waals surface area contributed by atoms with E-state index in [9.17, 15) is 5.11 Å². The molecule has 1 N–H and O–H groups in total. The highest BCUT2D eigenvalue weighted by molar-refractivity contribution is 6.31. The molecule has 0 fully saturated rings. The van der Waals surface area contributed by atoms with Crippen LogP contribution in [0, 0.1) is 0 Å². The van der Waals surface area contributed by atoms with Crippen molar-refractivity contribution in [3.8, 4) is 11.6 Å². The van der Waals surface area contributed by atoms with Gasteiger partial charge in [-0.15, -0.1) is 0 Å². The molecular formula is C11H8ClNO3. The monoisotopic (exact) mass is 237 g/mol. The Balaban J connectivity index is 2.39. The molecular weight excluding hydrogens is 230 g/mol. The number of aliphatic hydroxyl groups is 1. The molecule has 1 aliphatic rings. The van der Waals surface area contributed by atoms with E-state index in [0.717, 1.165) is 5.39 Å². The molecule has 3 rings (SSSR count). The first kappa shape index (κ1) is 9.69. The normalized spacial score (nSPS) is 13.4. The third-order valence-electron chi connectivity index (χ3n) is 2.53. The predicted molar refractivity (Wildman–Crippen MR) is 58.8 cm³/mol. The van der Waals surface area contributed by atoms with E-state index in [1.807, 2.05) is 6.07 Å². The number of pyridine rings is 1.